The molecule has 0 aliphatic carbocycles. The highest BCUT2D eigenvalue weighted by molar-refractivity contribution is 5.76. The van der Waals surface area contributed by atoms with Crippen molar-refractivity contribution in [2.75, 3.05) is 0 Å². The van der Waals surface area contributed by atoms with Gasteiger partial charge in [-0.3, -0.25) is 4.79 Å². The maximum atomic E-state index is 10.5. The third kappa shape index (κ3) is 2.42. The second kappa shape index (κ2) is 4.23. The first-order chi connectivity index (χ1) is 6.15. The summed E-state index contributed by atoms with van der Waals surface area (Å²) in [6.45, 7) is 4.01. The van der Waals surface area contributed by atoms with Crippen LogP contribution >= 0.6 is 0 Å². The fourth-order valence-electron chi connectivity index (χ4n) is 1.25. The van der Waals surface area contributed by atoms with Gasteiger partial charge in [0.15, 0.2) is 6.29 Å². The summed E-state index contributed by atoms with van der Waals surface area (Å²) in [5, 5.41) is 9.64. The summed E-state index contributed by atoms with van der Waals surface area (Å²) in [6, 6.07) is 1.56. The molecule has 0 bridgehead atoms. The van der Waals surface area contributed by atoms with Crippen molar-refractivity contribution in [2.24, 2.45) is 5.92 Å². The number of aliphatic hydroxyl groups excluding tert-OH is 1. The van der Waals surface area contributed by atoms with Crippen LogP contribution in [0.15, 0.2) is 16.7 Å². The first-order valence-electron chi connectivity index (χ1n) is 4.35. The molecule has 0 aromatic carbocycles. The largest absolute Gasteiger partial charge is 0.466 e. The summed E-state index contributed by atoms with van der Waals surface area (Å²) >= 11 is 0. The van der Waals surface area contributed by atoms with Crippen molar-refractivity contribution in [2.45, 2.75) is 26.4 Å². The lowest BCUT2D eigenvalue weighted by atomic mass is 10.0. The van der Waals surface area contributed by atoms with E-state index in [1.165, 1.54) is 6.26 Å². The Morgan fingerprint density at radius 2 is 2.31 bits per heavy atom. The van der Waals surface area contributed by atoms with E-state index in [4.69, 9.17) is 4.42 Å². The van der Waals surface area contributed by atoms with Crippen LogP contribution in [0.2, 0.25) is 0 Å². The Morgan fingerprint density at radius 1 is 1.62 bits per heavy atom. The van der Waals surface area contributed by atoms with Crippen LogP contribution in [0.1, 0.15) is 42.5 Å². The smallest absolute Gasteiger partial charge is 0.153 e. The van der Waals surface area contributed by atoms with Gasteiger partial charge in [-0.15, -0.1) is 0 Å². The normalized spacial score (nSPS) is 13.2. The Balaban J connectivity index is 2.75. The lowest BCUT2D eigenvalue weighted by molar-refractivity contribution is 0.108. The lowest BCUT2D eigenvalue weighted by Crippen LogP contribution is -2.02. The van der Waals surface area contributed by atoms with E-state index in [9.17, 15) is 9.90 Å². The number of furan rings is 1. The van der Waals surface area contributed by atoms with Crippen molar-refractivity contribution >= 4 is 6.29 Å². The molecule has 1 aromatic heterocycles. The van der Waals surface area contributed by atoms with Gasteiger partial charge in [-0.05, 0) is 18.4 Å². The zero-order valence-corrected chi connectivity index (χ0v) is 7.86. The van der Waals surface area contributed by atoms with Crippen molar-refractivity contribution in [3.8, 4) is 0 Å². The van der Waals surface area contributed by atoms with Gasteiger partial charge in [0.2, 0.25) is 0 Å². The minimum atomic E-state index is -0.671. The predicted molar refractivity (Wildman–Crippen MR) is 48.5 cm³/mol. The Bertz CT molecular complexity index is 275. The van der Waals surface area contributed by atoms with Crippen molar-refractivity contribution in [1.82, 2.24) is 0 Å². The van der Waals surface area contributed by atoms with E-state index >= 15 is 0 Å². The number of rotatable bonds is 4. The number of aldehydes is 1. The van der Waals surface area contributed by atoms with E-state index in [-0.39, 0.29) is 0 Å². The Kier molecular flexibility index (Phi) is 3.25. The van der Waals surface area contributed by atoms with E-state index in [2.05, 4.69) is 0 Å². The summed E-state index contributed by atoms with van der Waals surface area (Å²) in [7, 11) is 0. The highest BCUT2D eigenvalue weighted by atomic mass is 16.4. The van der Waals surface area contributed by atoms with Crippen LogP contribution in [-0.2, 0) is 0 Å². The van der Waals surface area contributed by atoms with Crippen LogP contribution in [0.25, 0.3) is 0 Å². The molecule has 72 valence electrons. The van der Waals surface area contributed by atoms with Crippen molar-refractivity contribution in [1.29, 1.82) is 0 Å². The molecule has 0 saturated heterocycles. The van der Waals surface area contributed by atoms with E-state index in [1.54, 1.807) is 6.07 Å². The monoisotopic (exact) mass is 182 g/mol. The molecule has 0 fully saturated rings. The molecule has 0 radical (unpaired) electrons. The quantitative estimate of drug-likeness (QED) is 0.726. The summed E-state index contributed by atoms with van der Waals surface area (Å²) in [4.78, 5) is 10.5. The van der Waals surface area contributed by atoms with E-state index < -0.39 is 6.10 Å². The molecule has 1 rings (SSSR count). The molecule has 0 amide bonds. The van der Waals surface area contributed by atoms with Crippen LogP contribution in [0.4, 0.5) is 0 Å². The van der Waals surface area contributed by atoms with Gasteiger partial charge in [-0.2, -0.15) is 0 Å². The highest BCUT2D eigenvalue weighted by Gasteiger charge is 2.16. The maximum Gasteiger partial charge on any atom is 0.153 e. The summed E-state index contributed by atoms with van der Waals surface area (Å²) in [5.41, 5.74) is 0.438. The van der Waals surface area contributed by atoms with Gasteiger partial charge in [-0.25, -0.2) is 0 Å². The molecule has 1 heterocycles. The van der Waals surface area contributed by atoms with Crippen LogP contribution in [0.5, 0.6) is 0 Å². The van der Waals surface area contributed by atoms with Crippen molar-refractivity contribution < 1.29 is 14.3 Å². The molecule has 0 aliphatic heterocycles. The molecule has 1 atom stereocenters. The molecule has 1 aromatic rings. The summed E-state index contributed by atoms with van der Waals surface area (Å²) < 4.78 is 5.04. The number of carbonyl (C=O) groups is 1. The molecule has 1 N–H and O–H groups in total. The molecule has 0 unspecified atom stereocenters. The third-order valence-electron chi connectivity index (χ3n) is 1.85. The first-order valence-corrected chi connectivity index (χ1v) is 4.35. The van der Waals surface area contributed by atoms with Crippen LogP contribution in [0, 0.1) is 5.92 Å². The second-order valence-corrected chi connectivity index (χ2v) is 3.50. The molecular formula is C10H14O3. The number of carbonyl (C=O) groups excluding carboxylic acids is 1. The van der Waals surface area contributed by atoms with Crippen molar-refractivity contribution in [3.63, 3.8) is 0 Å². The third-order valence-corrected chi connectivity index (χ3v) is 1.85. The SMILES string of the molecule is CC(C)C[C@H](O)c1occc1C=O. The standard InChI is InChI=1S/C10H14O3/c1-7(2)5-9(12)10-8(6-11)3-4-13-10/h3-4,6-7,9,12H,5H2,1-2H3/t9-/m0/s1. The fraction of sp³-hybridized carbons (Fsp3) is 0.500. The van der Waals surface area contributed by atoms with Gasteiger partial charge < -0.3 is 9.52 Å². The minimum Gasteiger partial charge on any atom is -0.466 e. The molecule has 3 heteroatoms. The van der Waals surface area contributed by atoms with E-state index in [1.807, 2.05) is 13.8 Å². The number of aliphatic hydroxyl groups is 1. The van der Waals surface area contributed by atoms with Gasteiger partial charge in [0.05, 0.1) is 11.8 Å². The van der Waals surface area contributed by atoms with Gasteiger partial charge in [0.1, 0.15) is 11.9 Å². The van der Waals surface area contributed by atoms with Crippen LogP contribution < -0.4 is 0 Å². The molecule has 3 nitrogen and oxygen atoms in total. The fourth-order valence-corrected chi connectivity index (χ4v) is 1.25. The lowest BCUT2D eigenvalue weighted by Gasteiger charge is -2.10. The minimum absolute atomic E-state index is 0.375. The average molecular weight is 182 g/mol. The molecule has 13 heavy (non-hydrogen) atoms. The first kappa shape index (κ1) is 9.99. The van der Waals surface area contributed by atoms with Crippen molar-refractivity contribution in [3.05, 3.63) is 23.7 Å². The number of hydrogen-bond acceptors (Lipinski definition) is 3. The zero-order chi connectivity index (χ0) is 9.84. The number of hydrogen-bond donors (Lipinski definition) is 1. The average Bonchev–Trinajstić information content (AvgIpc) is 2.49. The molecule has 0 saturated carbocycles. The van der Waals surface area contributed by atoms with Gasteiger partial charge in [0.25, 0.3) is 0 Å². The second-order valence-electron chi connectivity index (χ2n) is 3.50. The molecule has 0 aliphatic rings. The summed E-state index contributed by atoms with van der Waals surface area (Å²) in [5.74, 6) is 0.753. The van der Waals surface area contributed by atoms with Crippen LogP contribution in [-0.4, -0.2) is 11.4 Å². The van der Waals surface area contributed by atoms with Gasteiger partial charge >= 0.3 is 0 Å². The van der Waals surface area contributed by atoms with Crippen LogP contribution in [0.3, 0.4) is 0 Å². The Hall–Kier alpha value is -1.09. The highest BCUT2D eigenvalue weighted by Crippen LogP contribution is 2.23. The molecular weight excluding hydrogens is 168 g/mol. The summed E-state index contributed by atoms with van der Waals surface area (Å²) in [6.07, 6.45) is 2.05. The van der Waals surface area contributed by atoms with E-state index in [0.717, 1.165) is 0 Å². The Morgan fingerprint density at radius 3 is 2.85 bits per heavy atom. The predicted octanol–water partition coefficient (Wildman–Crippen LogP) is 2.17. The molecule has 0 spiro atoms. The Labute approximate surface area is 77.4 Å². The van der Waals surface area contributed by atoms with E-state index in [0.29, 0.717) is 29.9 Å². The van der Waals surface area contributed by atoms with Gasteiger partial charge in [-0.1, -0.05) is 13.8 Å². The zero-order valence-electron chi connectivity index (χ0n) is 7.86. The topological polar surface area (TPSA) is 50.4 Å². The van der Waals surface area contributed by atoms with Gasteiger partial charge in [0, 0.05) is 0 Å². The maximum absolute atomic E-state index is 10.5.